The lowest BCUT2D eigenvalue weighted by atomic mass is 9.79. The maximum Gasteiger partial charge on any atom is 0.328 e. The monoisotopic (exact) mass is 322 g/mol. The molecule has 2 aliphatic heterocycles. The number of ether oxygens (including phenoxy) is 1. The smallest absolute Gasteiger partial charge is 0.328 e. The molecule has 0 radical (unpaired) electrons. The van der Waals surface area contributed by atoms with Crippen molar-refractivity contribution < 1.29 is 19.1 Å². The summed E-state index contributed by atoms with van der Waals surface area (Å²) in [7, 11) is 1.37. The second-order valence-electron chi connectivity index (χ2n) is 7.08. The summed E-state index contributed by atoms with van der Waals surface area (Å²) in [4.78, 5) is 37.9. The van der Waals surface area contributed by atoms with Crippen LogP contribution in [0.3, 0.4) is 0 Å². The van der Waals surface area contributed by atoms with Crippen molar-refractivity contribution in [2.24, 2.45) is 11.8 Å². The van der Waals surface area contributed by atoms with Crippen molar-refractivity contribution in [1.82, 2.24) is 10.2 Å². The van der Waals surface area contributed by atoms with Crippen molar-refractivity contribution >= 4 is 17.8 Å². The summed E-state index contributed by atoms with van der Waals surface area (Å²) in [6.07, 6.45) is 7.79. The number of hydrogen-bond acceptors (Lipinski definition) is 4. The molecule has 1 aliphatic carbocycles. The fourth-order valence-electron chi connectivity index (χ4n) is 4.42. The first-order valence-electron chi connectivity index (χ1n) is 8.78. The number of amides is 2. The molecule has 0 bridgehead atoms. The van der Waals surface area contributed by atoms with E-state index in [4.69, 9.17) is 4.74 Å². The third-order valence-corrected chi connectivity index (χ3v) is 5.70. The van der Waals surface area contributed by atoms with E-state index in [-0.39, 0.29) is 17.8 Å². The number of esters is 1. The van der Waals surface area contributed by atoms with E-state index in [0.29, 0.717) is 37.6 Å². The predicted octanol–water partition coefficient (Wildman–Crippen LogP) is 1.24. The third-order valence-electron chi connectivity index (χ3n) is 5.70. The van der Waals surface area contributed by atoms with Crippen LogP contribution in [0.2, 0.25) is 0 Å². The van der Waals surface area contributed by atoms with Gasteiger partial charge in [0.15, 0.2) is 0 Å². The third kappa shape index (κ3) is 3.35. The Hall–Kier alpha value is -1.59. The highest BCUT2D eigenvalue weighted by atomic mass is 16.5. The van der Waals surface area contributed by atoms with Gasteiger partial charge in [0.05, 0.1) is 7.11 Å². The molecule has 6 heteroatoms. The van der Waals surface area contributed by atoms with E-state index >= 15 is 0 Å². The first kappa shape index (κ1) is 16.3. The van der Waals surface area contributed by atoms with E-state index in [1.165, 1.54) is 39.2 Å². The average molecular weight is 322 g/mol. The number of carbonyl (C=O) groups excluding carboxylic acids is 3. The van der Waals surface area contributed by atoms with Gasteiger partial charge in [0.2, 0.25) is 11.8 Å². The average Bonchev–Trinajstić information content (AvgIpc) is 3.21. The molecule has 0 aromatic rings. The van der Waals surface area contributed by atoms with Crippen molar-refractivity contribution in [2.45, 2.75) is 63.5 Å². The van der Waals surface area contributed by atoms with E-state index in [2.05, 4.69) is 5.32 Å². The minimum Gasteiger partial charge on any atom is -0.467 e. The number of nitrogens with zero attached hydrogens (tertiary/aromatic N) is 1. The topological polar surface area (TPSA) is 75.7 Å². The molecule has 6 nitrogen and oxygen atoms in total. The number of methoxy groups -OCH3 is 1. The summed E-state index contributed by atoms with van der Waals surface area (Å²) in [5, 5.41) is 2.72. The summed E-state index contributed by atoms with van der Waals surface area (Å²) >= 11 is 0. The van der Waals surface area contributed by atoms with E-state index in [1.54, 1.807) is 4.90 Å². The maximum absolute atomic E-state index is 12.8. The van der Waals surface area contributed by atoms with Gasteiger partial charge in [0.25, 0.3) is 0 Å². The molecular formula is C17H26N2O4. The molecule has 2 heterocycles. The van der Waals surface area contributed by atoms with Gasteiger partial charge in [-0.25, -0.2) is 4.79 Å². The molecular weight excluding hydrogens is 296 g/mol. The standard InChI is InChI=1S/C17H26N2O4/c1-23-17(22)14-9-12(11-5-3-2-4-6-11)10-19(14)16(21)13-7-8-15(20)18-13/h11-14H,2-10H2,1H3,(H,18,20). The fourth-order valence-corrected chi connectivity index (χ4v) is 4.42. The molecule has 1 N–H and O–H groups in total. The van der Waals surface area contributed by atoms with Crippen molar-refractivity contribution in [3.63, 3.8) is 0 Å². The van der Waals surface area contributed by atoms with Gasteiger partial charge in [-0.05, 0) is 24.7 Å². The van der Waals surface area contributed by atoms with Crippen molar-refractivity contribution in [3.8, 4) is 0 Å². The Morgan fingerprint density at radius 2 is 1.87 bits per heavy atom. The molecule has 128 valence electrons. The second-order valence-corrected chi connectivity index (χ2v) is 7.08. The molecule has 3 aliphatic rings. The van der Waals surface area contributed by atoms with Gasteiger partial charge in [-0.3, -0.25) is 9.59 Å². The minimum atomic E-state index is -0.489. The van der Waals surface area contributed by atoms with Crippen LogP contribution in [0.5, 0.6) is 0 Å². The summed E-state index contributed by atoms with van der Waals surface area (Å²) in [5.74, 6) is 0.443. The van der Waals surface area contributed by atoms with Crippen LogP contribution >= 0.6 is 0 Å². The lowest BCUT2D eigenvalue weighted by molar-refractivity contribution is -0.151. The molecule has 0 spiro atoms. The zero-order chi connectivity index (χ0) is 16.4. The molecule has 2 saturated heterocycles. The minimum absolute atomic E-state index is 0.0824. The largest absolute Gasteiger partial charge is 0.467 e. The van der Waals surface area contributed by atoms with Crippen LogP contribution in [0.25, 0.3) is 0 Å². The molecule has 3 rings (SSSR count). The highest BCUT2D eigenvalue weighted by Gasteiger charge is 2.45. The van der Waals surface area contributed by atoms with Crippen molar-refractivity contribution in [1.29, 1.82) is 0 Å². The van der Waals surface area contributed by atoms with Crippen LogP contribution in [-0.2, 0) is 19.1 Å². The molecule has 3 unspecified atom stereocenters. The van der Waals surface area contributed by atoms with E-state index < -0.39 is 12.1 Å². The SMILES string of the molecule is COC(=O)C1CC(C2CCCCC2)CN1C(=O)C1CCC(=O)N1. The summed E-state index contributed by atoms with van der Waals surface area (Å²) in [6, 6.07) is -0.961. The maximum atomic E-state index is 12.8. The van der Waals surface area contributed by atoms with Crippen LogP contribution < -0.4 is 5.32 Å². The zero-order valence-electron chi connectivity index (χ0n) is 13.8. The van der Waals surface area contributed by atoms with E-state index in [0.717, 1.165) is 0 Å². The predicted molar refractivity (Wildman–Crippen MR) is 83.4 cm³/mol. The number of nitrogens with one attached hydrogen (secondary N) is 1. The summed E-state index contributed by atoms with van der Waals surface area (Å²) in [5.41, 5.74) is 0. The van der Waals surface area contributed by atoms with Crippen LogP contribution in [-0.4, -0.2) is 48.4 Å². The van der Waals surface area contributed by atoms with Crippen molar-refractivity contribution in [2.75, 3.05) is 13.7 Å². The molecule has 0 aromatic carbocycles. The molecule has 3 atom stereocenters. The van der Waals surface area contributed by atoms with Gasteiger partial charge in [-0.15, -0.1) is 0 Å². The quantitative estimate of drug-likeness (QED) is 0.793. The Bertz CT molecular complexity index is 487. The lowest BCUT2D eigenvalue weighted by Crippen LogP contribution is -2.49. The summed E-state index contributed by atoms with van der Waals surface area (Å²) in [6.45, 7) is 0.621. The second kappa shape index (κ2) is 6.89. The number of hydrogen-bond donors (Lipinski definition) is 1. The molecule has 3 fully saturated rings. The first-order chi connectivity index (χ1) is 11.1. The Labute approximate surface area is 136 Å². The van der Waals surface area contributed by atoms with Crippen LogP contribution in [0.15, 0.2) is 0 Å². The Balaban J connectivity index is 1.71. The lowest BCUT2D eigenvalue weighted by Gasteiger charge is -2.28. The first-order valence-corrected chi connectivity index (χ1v) is 8.78. The molecule has 23 heavy (non-hydrogen) atoms. The Morgan fingerprint density at radius 3 is 2.48 bits per heavy atom. The Kier molecular flexibility index (Phi) is 4.87. The zero-order valence-corrected chi connectivity index (χ0v) is 13.8. The molecule has 2 amide bonds. The van der Waals surface area contributed by atoms with Crippen LogP contribution in [0.1, 0.15) is 51.4 Å². The van der Waals surface area contributed by atoms with Gasteiger partial charge >= 0.3 is 5.97 Å². The van der Waals surface area contributed by atoms with E-state index in [1.807, 2.05) is 0 Å². The van der Waals surface area contributed by atoms with Crippen LogP contribution in [0.4, 0.5) is 0 Å². The van der Waals surface area contributed by atoms with Gasteiger partial charge in [0.1, 0.15) is 12.1 Å². The van der Waals surface area contributed by atoms with Gasteiger partial charge in [-0.2, -0.15) is 0 Å². The fraction of sp³-hybridized carbons (Fsp3) is 0.824. The molecule has 1 saturated carbocycles. The van der Waals surface area contributed by atoms with E-state index in [9.17, 15) is 14.4 Å². The number of rotatable bonds is 3. The number of likely N-dealkylation sites (tertiary alicyclic amines) is 1. The van der Waals surface area contributed by atoms with Crippen molar-refractivity contribution in [3.05, 3.63) is 0 Å². The highest BCUT2D eigenvalue weighted by Crippen LogP contribution is 2.38. The van der Waals surface area contributed by atoms with Gasteiger partial charge in [0, 0.05) is 13.0 Å². The van der Waals surface area contributed by atoms with Gasteiger partial charge < -0.3 is 15.0 Å². The van der Waals surface area contributed by atoms with Gasteiger partial charge in [-0.1, -0.05) is 32.1 Å². The Morgan fingerprint density at radius 1 is 1.13 bits per heavy atom. The highest BCUT2D eigenvalue weighted by molar-refractivity contribution is 5.93. The van der Waals surface area contributed by atoms with Crippen LogP contribution in [0, 0.1) is 11.8 Å². The summed E-state index contributed by atoms with van der Waals surface area (Å²) < 4.78 is 4.91. The molecule has 0 aromatic heterocycles. The normalized spacial score (nSPS) is 32.0. The number of carbonyl (C=O) groups is 3.